The lowest BCUT2D eigenvalue weighted by Crippen LogP contribution is -2.37. The Labute approximate surface area is 158 Å². The van der Waals surface area contributed by atoms with Gasteiger partial charge in [-0.1, -0.05) is 60.7 Å². The monoisotopic (exact) mass is 353 g/mol. The van der Waals surface area contributed by atoms with Crippen molar-refractivity contribution < 1.29 is 4.79 Å². The minimum atomic E-state index is -0.216. The molecule has 1 heterocycles. The number of benzene rings is 3. The zero-order valence-corrected chi connectivity index (χ0v) is 15.0. The molecule has 4 heteroatoms. The second kappa shape index (κ2) is 7.38. The van der Waals surface area contributed by atoms with Crippen molar-refractivity contribution in [3.63, 3.8) is 0 Å². The van der Waals surface area contributed by atoms with E-state index in [1.807, 2.05) is 79.7 Å². The number of amides is 1. The number of fused-ring (bicyclic) bond motifs is 1. The van der Waals surface area contributed by atoms with E-state index < -0.39 is 0 Å². The molecule has 0 saturated carbocycles. The van der Waals surface area contributed by atoms with Crippen LogP contribution in [0, 0.1) is 0 Å². The number of hydrogen-bond donors (Lipinski definition) is 1. The van der Waals surface area contributed by atoms with Crippen LogP contribution in [0.3, 0.4) is 0 Å². The van der Waals surface area contributed by atoms with Crippen molar-refractivity contribution in [2.24, 2.45) is 9.98 Å². The van der Waals surface area contributed by atoms with E-state index in [1.165, 1.54) is 0 Å². The van der Waals surface area contributed by atoms with Crippen molar-refractivity contribution in [3.05, 3.63) is 96.1 Å². The molecule has 0 aliphatic carbocycles. The Kier molecular flexibility index (Phi) is 4.62. The van der Waals surface area contributed by atoms with E-state index in [0.717, 1.165) is 22.6 Å². The fraction of sp³-hybridized carbons (Fsp3) is 0.0870. The first kappa shape index (κ1) is 16.9. The van der Waals surface area contributed by atoms with Gasteiger partial charge in [-0.3, -0.25) is 9.79 Å². The minimum Gasteiger partial charge on any atom is -0.309 e. The van der Waals surface area contributed by atoms with Gasteiger partial charge < -0.3 is 5.32 Å². The molecule has 0 fully saturated rings. The van der Waals surface area contributed by atoms with Gasteiger partial charge >= 0.3 is 0 Å². The highest BCUT2D eigenvalue weighted by molar-refractivity contribution is 6.19. The molecule has 0 radical (unpaired) electrons. The summed E-state index contributed by atoms with van der Waals surface area (Å²) in [6.07, 6.45) is 0. The molecule has 0 unspecified atom stereocenters. The molecule has 1 amide bonds. The summed E-state index contributed by atoms with van der Waals surface area (Å²) in [5, 5.41) is 3.03. The molecule has 3 aromatic carbocycles. The second-order valence-corrected chi connectivity index (χ2v) is 6.40. The van der Waals surface area contributed by atoms with Crippen LogP contribution in [0.1, 0.15) is 28.8 Å². The number of carbonyl (C=O) groups excluding carboxylic acids is 1. The largest absolute Gasteiger partial charge is 0.309 e. The first-order valence-electron chi connectivity index (χ1n) is 8.86. The Bertz CT molecular complexity index is 1020. The van der Waals surface area contributed by atoms with Gasteiger partial charge in [-0.25, -0.2) is 4.99 Å². The summed E-state index contributed by atoms with van der Waals surface area (Å²) in [6.45, 7) is 1.98. The normalized spacial score (nSPS) is 15.8. The molecule has 4 nitrogen and oxygen atoms in total. The Morgan fingerprint density at radius 2 is 1.33 bits per heavy atom. The average Bonchev–Trinajstić information content (AvgIpc) is 2.84. The molecule has 0 bridgehead atoms. The molecule has 0 spiro atoms. The van der Waals surface area contributed by atoms with E-state index in [1.54, 1.807) is 12.1 Å². The van der Waals surface area contributed by atoms with E-state index in [4.69, 9.17) is 9.98 Å². The zero-order valence-electron chi connectivity index (χ0n) is 15.0. The standard InChI is InChI=1S/C23H19N3O/c1-16-21(17-10-4-2-5-11-17)22(25-20-15-9-8-14-19(20)24-16)26-23(27)18-12-6-3-7-13-18/h2-15,21H,1H3,(H,25,26,27)/t21-/m1/s1. The smallest absolute Gasteiger partial charge is 0.256 e. The number of amidine groups is 1. The van der Waals surface area contributed by atoms with Crippen LogP contribution >= 0.6 is 0 Å². The maximum Gasteiger partial charge on any atom is 0.256 e. The second-order valence-electron chi connectivity index (χ2n) is 6.40. The lowest BCUT2D eigenvalue weighted by molar-refractivity contribution is 0.0976. The van der Waals surface area contributed by atoms with Gasteiger partial charge in [-0.05, 0) is 36.8 Å². The fourth-order valence-electron chi connectivity index (χ4n) is 3.22. The first-order chi connectivity index (χ1) is 13.2. The predicted octanol–water partition coefficient (Wildman–Crippen LogP) is 5.04. The van der Waals surface area contributed by atoms with Crippen LogP contribution in [0.25, 0.3) is 0 Å². The van der Waals surface area contributed by atoms with Gasteiger partial charge in [0, 0.05) is 11.3 Å². The number of rotatable bonds is 2. The summed E-state index contributed by atoms with van der Waals surface area (Å²) in [5.41, 5.74) is 4.08. The van der Waals surface area contributed by atoms with Crippen LogP contribution in [0.5, 0.6) is 0 Å². The summed E-state index contributed by atoms with van der Waals surface area (Å²) in [5.74, 6) is 0.190. The van der Waals surface area contributed by atoms with Gasteiger partial charge in [0.2, 0.25) is 0 Å². The SMILES string of the molecule is CC1=Nc2ccccc2N=C(NC(=O)c2ccccc2)[C@H]1c1ccccc1. The fourth-order valence-corrected chi connectivity index (χ4v) is 3.22. The quantitative estimate of drug-likeness (QED) is 0.690. The summed E-state index contributed by atoms with van der Waals surface area (Å²) < 4.78 is 0. The van der Waals surface area contributed by atoms with Gasteiger partial charge in [0.1, 0.15) is 5.84 Å². The number of hydrogen-bond acceptors (Lipinski definition) is 3. The van der Waals surface area contributed by atoms with Crippen molar-refractivity contribution >= 4 is 28.8 Å². The molecule has 1 aliphatic rings. The van der Waals surface area contributed by atoms with Gasteiger partial charge in [0.05, 0.1) is 17.3 Å². The molecule has 27 heavy (non-hydrogen) atoms. The van der Waals surface area contributed by atoms with Crippen molar-refractivity contribution in [3.8, 4) is 0 Å². The van der Waals surface area contributed by atoms with Gasteiger partial charge in [-0.15, -0.1) is 0 Å². The average molecular weight is 353 g/mol. The molecular formula is C23H19N3O. The molecule has 0 saturated heterocycles. The van der Waals surface area contributed by atoms with Crippen molar-refractivity contribution in [1.29, 1.82) is 0 Å². The highest BCUT2D eigenvalue weighted by Gasteiger charge is 2.26. The molecule has 1 atom stereocenters. The van der Waals surface area contributed by atoms with Crippen molar-refractivity contribution in [2.45, 2.75) is 12.8 Å². The van der Waals surface area contributed by atoms with Crippen LogP contribution in [-0.2, 0) is 0 Å². The molecule has 1 aliphatic heterocycles. The van der Waals surface area contributed by atoms with Crippen LogP contribution in [-0.4, -0.2) is 17.5 Å². The van der Waals surface area contributed by atoms with E-state index in [0.29, 0.717) is 11.4 Å². The van der Waals surface area contributed by atoms with E-state index in [9.17, 15) is 4.79 Å². The predicted molar refractivity (Wildman–Crippen MR) is 109 cm³/mol. The lowest BCUT2D eigenvalue weighted by Gasteiger charge is -2.19. The number of carbonyl (C=O) groups is 1. The molecule has 0 aromatic heterocycles. The highest BCUT2D eigenvalue weighted by atomic mass is 16.1. The maximum atomic E-state index is 12.8. The molecular weight excluding hydrogens is 334 g/mol. The van der Waals surface area contributed by atoms with Crippen molar-refractivity contribution in [1.82, 2.24) is 5.32 Å². The number of aliphatic imine (C=N–C) groups is 2. The Hall–Kier alpha value is -3.53. The Morgan fingerprint density at radius 3 is 2.00 bits per heavy atom. The highest BCUT2D eigenvalue weighted by Crippen LogP contribution is 2.34. The van der Waals surface area contributed by atoms with Gasteiger partial charge in [-0.2, -0.15) is 0 Å². The summed E-state index contributed by atoms with van der Waals surface area (Å²) in [7, 11) is 0. The number of nitrogens with zero attached hydrogens (tertiary/aromatic N) is 2. The maximum absolute atomic E-state index is 12.8. The third-order valence-electron chi connectivity index (χ3n) is 4.52. The van der Waals surface area contributed by atoms with Crippen LogP contribution < -0.4 is 5.32 Å². The molecule has 4 rings (SSSR count). The topological polar surface area (TPSA) is 53.8 Å². The number of para-hydroxylation sites is 2. The van der Waals surface area contributed by atoms with E-state index in [2.05, 4.69) is 5.32 Å². The van der Waals surface area contributed by atoms with Crippen LogP contribution in [0.2, 0.25) is 0 Å². The zero-order chi connectivity index (χ0) is 18.6. The Balaban J connectivity index is 1.80. The summed E-state index contributed by atoms with van der Waals surface area (Å²) in [4.78, 5) is 22.4. The minimum absolute atomic E-state index is 0.178. The molecule has 3 aromatic rings. The van der Waals surface area contributed by atoms with E-state index >= 15 is 0 Å². The van der Waals surface area contributed by atoms with Crippen LogP contribution in [0.15, 0.2) is 94.9 Å². The third-order valence-corrected chi connectivity index (χ3v) is 4.52. The molecule has 132 valence electrons. The lowest BCUT2D eigenvalue weighted by atomic mass is 9.93. The van der Waals surface area contributed by atoms with E-state index in [-0.39, 0.29) is 11.8 Å². The summed E-state index contributed by atoms with van der Waals surface area (Å²) >= 11 is 0. The van der Waals surface area contributed by atoms with Gasteiger partial charge in [0.15, 0.2) is 0 Å². The van der Waals surface area contributed by atoms with Crippen LogP contribution in [0.4, 0.5) is 11.4 Å². The first-order valence-corrected chi connectivity index (χ1v) is 8.86. The Morgan fingerprint density at radius 1 is 0.778 bits per heavy atom. The molecule has 1 N–H and O–H groups in total. The number of nitrogens with one attached hydrogen (secondary N) is 1. The third kappa shape index (κ3) is 3.55. The van der Waals surface area contributed by atoms with Crippen molar-refractivity contribution in [2.75, 3.05) is 0 Å². The van der Waals surface area contributed by atoms with Gasteiger partial charge in [0.25, 0.3) is 5.91 Å². The summed E-state index contributed by atoms with van der Waals surface area (Å²) in [6, 6.07) is 26.9.